The largest absolute Gasteiger partial charge is 0.385 e. The zero-order chi connectivity index (χ0) is 16.9. The number of carbonyl (C=O) groups excluding carboxylic acids is 1. The zero-order valence-electron chi connectivity index (χ0n) is 15.1. The van der Waals surface area contributed by atoms with Crippen LogP contribution in [0.2, 0.25) is 0 Å². The average Bonchev–Trinajstić information content (AvgIpc) is 3.31. The van der Waals surface area contributed by atoms with Crippen molar-refractivity contribution in [3.05, 3.63) is 18.5 Å². The predicted octanol–water partition coefficient (Wildman–Crippen LogP) is 2.10. The Labute approximate surface area is 156 Å². The SMILES string of the molecule is COCCC1(CNC(=O)C2(n3cccn3)CCNCC2)CCCC1.Cl. The van der Waals surface area contributed by atoms with E-state index in [1.165, 1.54) is 25.7 Å². The smallest absolute Gasteiger partial charge is 0.248 e. The van der Waals surface area contributed by atoms with E-state index in [1.807, 2.05) is 16.9 Å². The summed E-state index contributed by atoms with van der Waals surface area (Å²) in [6.07, 6.45) is 11.2. The molecule has 1 aromatic heterocycles. The van der Waals surface area contributed by atoms with E-state index >= 15 is 0 Å². The van der Waals surface area contributed by atoms with Crippen LogP contribution in [0.25, 0.3) is 0 Å². The first kappa shape index (κ1) is 20.2. The van der Waals surface area contributed by atoms with Crippen molar-refractivity contribution in [1.29, 1.82) is 0 Å². The number of ether oxygens (including phenoxy) is 1. The second-order valence-electron chi connectivity index (χ2n) is 7.36. The molecule has 0 bridgehead atoms. The molecule has 0 atom stereocenters. The minimum atomic E-state index is -0.546. The number of methoxy groups -OCH3 is 1. The van der Waals surface area contributed by atoms with Gasteiger partial charge in [-0.15, -0.1) is 12.4 Å². The number of piperidine rings is 1. The molecule has 2 aliphatic rings. The summed E-state index contributed by atoms with van der Waals surface area (Å²) < 4.78 is 7.16. The Morgan fingerprint density at radius 3 is 2.60 bits per heavy atom. The van der Waals surface area contributed by atoms with Gasteiger partial charge in [0.05, 0.1) is 0 Å². The van der Waals surface area contributed by atoms with E-state index in [4.69, 9.17) is 4.74 Å². The third-order valence-corrected chi connectivity index (χ3v) is 5.92. The number of nitrogens with one attached hydrogen (secondary N) is 2. The predicted molar refractivity (Wildman–Crippen MR) is 100.0 cm³/mol. The molecule has 7 heteroatoms. The Bertz CT molecular complexity index is 523. The van der Waals surface area contributed by atoms with Gasteiger partial charge in [-0.3, -0.25) is 9.48 Å². The van der Waals surface area contributed by atoms with Gasteiger partial charge in [0.15, 0.2) is 0 Å². The molecule has 0 radical (unpaired) electrons. The third-order valence-electron chi connectivity index (χ3n) is 5.92. The molecule has 3 rings (SSSR count). The van der Waals surface area contributed by atoms with E-state index in [2.05, 4.69) is 15.7 Å². The summed E-state index contributed by atoms with van der Waals surface area (Å²) in [4.78, 5) is 13.2. The molecule has 1 aromatic rings. The summed E-state index contributed by atoms with van der Waals surface area (Å²) in [5.41, 5.74) is -0.334. The minimum Gasteiger partial charge on any atom is -0.385 e. The molecule has 0 unspecified atom stereocenters. The maximum Gasteiger partial charge on any atom is 0.248 e. The first-order valence-electron chi connectivity index (χ1n) is 9.19. The van der Waals surface area contributed by atoms with E-state index < -0.39 is 5.54 Å². The minimum absolute atomic E-state index is 0. The van der Waals surface area contributed by atoms with Gasteiger partial charge < -0.3 is 15.4 Å². The Hall–Kier alpha value is -1.11. The lowest BCUT2D eigenvalue weighted by molar-refractivity contribution is -0.132. The Balaban J connectivity index is 0.00000225. The summed E-state index contributed by atoms with van der Waals surface area (Å²) in [5.74, 6) is 0.122. The van der Waals surface area contributed by atoms with E-state index in [-0.39, 0.29) is 23.7 Å². The van der Waals surface area contributed by atoms with Crippen molar-refractivity contribution in [1.82, 2.24) is 20.4 Å². The number of aromatic nitrogens is 2. The number of amides is 1. The van der Waals surface area contributed by atoms with Crippen molar-refractivity contribution in [2.24, 2.45) is 5.41 Å². The van der Waals surface area contributed by atoms with Gasteiger partial charge in [-0.25, -0.2) is 0 Å². The van der Waals surface area contributed by atoms with Gasteiger partial charge >= 0.3 is 0 Å². The van der Waals surface area contributed by atoms with Crippen LogP contribution in [0, 0.1) is 5.41 Å². The molecule has 1 aliphatic heterocycles. The normalized spacial score (nSPS) is 21.5. The van der Waals surface area contributed by atoms with Crippen LogP contribution in [0.15, 0.2) is 18.5 Å². The summed E-state index contributed by atoms with van der Waals surface area (Å²) in [6, 6.07) is 1.90. The molecule has 1 amide bonds. The maximum absolute atomic E-state index is 13.2. The molecular formula is C18H31ClN4O2. The van der Waals surface area contributed by atoms with Crippen LogP contribution in [0.5, 0.6) is 0 Å². The van der Waals surface area contributed by atoms with Gasteiger partial charge in [0.25, 0.3) is 0 Å². The first-order chi connectivity index (χ1) is 11.7. The number of hydrogen-bond donors (Lipinski definition) is 2. The monoisotopic (exact) mass is 370 g/mol. The molecular weight excluding hydrogens is 340 g/mol. The second kappa shape index (κ2) is 9.01. The number of halogens is 1. The van der Waals surface area contributed by atoms with Crippen LogP contribution < -0.4 is 10.6 Å². The fourth-order valence-electron chi connectivity index (χ4n) is 4.31. The maximum atomic E-state index is 13.2. The lowest BCUT2D eigenvalue weighted by Crippen LogP contribution is -2.55. The van der Waals surface area contributed by atoms with Crippen molar-refractivity contribution in [2.75, 3.05) is 33.4 Å². The molecule has 1 aliphatic carbocycles. The molecule has 0 aromatic carbocycles. The molecule has 1 saturated carbocycles. The van der Waals surface area contributed by atoms with Crippen molar-refractivity contribution >= 4 is 18.3 Å². The van der Waals surface area contributed by atoms with Gasteiger partial charge in [0.2, 0.25) is 5.91 Å². The fraction of sp³-hybridized carbons (Fsp3) is 0.778. The summed E-state index contributed by atoms with van der Waals surface area (Å²) >= 11 is 0. The number of hydrogen-bond acceptors (Lipinski definition) is 4. The Morgan fingerprint density at radius 1 is 1.28 bits per heavy atom. The van der Waals surface area contributed by atoms with Crippen LogP contribution in [0.4, 0.5) is 0 Å². The standard InChI is InChI=1S/C18H30N4O2.ClH/c1-24-14-9-17(5-2-3-6-17)15-20-16(23)18(7-11-19-12-8-18)22-13-4-10-21-22;/h4,10,13,19H,2-3,5-9,11-12,14-15H2,1H3,(H,20,23);1H. The highest BCUT2D eigenvalue weighted by Crippen LogP contribution is 2.41. The molecule has 142 valence electrons. The molecule has 6 nitrogen and oxygen atoms in total. The molecule has 0 spiro atoms. The van der Waals surface area contributed by atoms with E-state index in [0.717, 1.165) is 45.5 Å². The van der Waals surface area contributed by atoms with Crippen LogP contribution in [0.3, 0.4) is 0 Å². The highest BCUT2D eigenvalue weighted by atomic mass is 35.5. The molecule has 2 N–H and O–H groups in total. The average molecular weight is 371 g/mol. The number of nitrogens with zero attached hydrogens (tertiary/aromatic N) is 2. The highest BCUT2D eigenvalue weighted by molar-refractivity contribution is 5.85. The highest BCUT2D eigenvalue weighted by Gasteiger charge is 2.43. The van der Waals surface area contributed by atoms with Gasteiger partial charge in [0.1, 0.15) is 5.54 Å². The summed E-state index contributed by atoms with van der Waals surface area (Å²) in [7, 11) is 1.75. The van der Waals surface area contributed by atoms with Crippen molar-refractivity contribution in [3.63, 3.8) is 0 Å². The molecule has 2 heterocycles. The Morgan fingerprint density at radius 2 is 2.00 bits per heavy atom. The molecule has 1 saturated heterocycles. The van der Waals surface area contributed by atoms with Crippen LogP contribution >= 0.6 is 12.4 Å². The van der Waals surface area contributed by atoms with Crippen LogP contribution in [0.1, 0.15) is 44.9 Å². The van der Waals surface area contributed by atoms with E-state index in [1.54, 1.807) is 13.3 Å². The van der Waals surface area contributed by atoms with E-state index in [9.17, 15) is 4.79 Å². The second-order valence-corrected chi connectivity index (χ2v) is 7.36. The lowest BCUT2D eigenvalue weighted by Gasteiger charge is -2.38. The Kier molecular flexibility index (Phi) is 7.28. The number of rotatable bonds is 7. The zero-order valence-corrected chi connectivity index (χ0v) is 15.9. The fourth-order valence-corrected chi connectivity index (χ4v) is 4.31. The topological polar surface area (TPSA) is 68.2 Å². The number of carbonyl (C=O) groups is 1. The van der Waals surface area contributed by atoms with Crippen molar-refractivity contribution in [2.45, 2.75) is 50.5 Å². The molecule has 25 heavy (non-hydrogen) atoms. The first-order valence-corrected chi connectivity index (χ1v) is 9.19. The third kappa shape index (κ3) is 4.36. The van der Waals surface area contributed by atoms with Crippen LogP contribution in [-0.4, -0.2) is 49.0 Å². The quantitative estimate of drug-likeness (QED) is 0.771. The van der Waals surface area contributed by atoms with Gasteiger partial charge in [-0.2, -0.15) is 5.10 Å². The van der Waals surface area contributed by atoms with Gasteiger partial charge in [0, 0.05) is 32.7 Å². The van der Waals surface area contributed by atoms with Crippen molar-refractivity contribution in [3.8, 4) is 0 Å². The van der Waals surface area contributed by atoms with Gasteiger partial charge in [-0.1, -0.05) is 12.8 Å². The lowest BCUT2D eigenvalue weighted by atomic mass is 9.82. The van der Waals surface area contributed by atoms with Crippen molar-refractivity contribution < 1.29 is 9.53 Å². The van der Waals surface area contributed by atoms with Crippen LogP contribution in [-0.2, 0) is 15.1 Å². The molecule has 2 fully saturated rings. The summed E-state index contributed by atoms with van der Waals surface area (Å²) in [6.45, 7) is 3.22. The van der Waals surface area contributed by atoms with E-state index in [0.29, 0.717) is 0 Å². The van der Waals surface area contributed by atoms with Gasteiger partial charge in [-0.05, 0) is 56.7 Å². The summed E-state index contributed by atoms with van der Waals surface area (Å²) in [5, 5.41) is 11.0.